The Bertz CT molecular complexity index is 665. The van der Waals surface area contributed by atoms with Crippen LogP contribution in [0, 0.1) is 0 Å². The summed E-state index contributed by atoms with van der Waals surface area (Å²) in [4.78, 5) is 22.0. The second-order valence-electron chi connectivity index (χ2n) is 3.62. The third kappa shape index (κ3) is 2.25. The van der Waals surface area contributed by atoms with Crippen LogP contribution in [0.15, 0.2) is 39.6 Å². The Kier molecular flexibility index (Phi) is 2.78. The summed E-state index contributed by atoms with van der Waals surface area (Å²) in [5.41, 5.74) is 0.103. The summed E-state index contributed by atoms with van der Waals surface area (Å²) >= 11 is 0. The van der Waals surface area contributed by atoms with Crippen molar-refractivity contribution in [3.63, 3.8) is 0 Å². The lowest BCUT2D eigenvalue weighted by molar-refractivity contribution is -0.112. The van der Waals surface area contributed by atoms with Crippen molar-refractivity contribution in [3.05, 3.63) is 46.3 Å². The number of rotatable bonds is 2. The van der Waals surface area contributed by atoms with Crippen LogP contribution in [0.1, 0.15) is 12.5 Å². The van der Waals surface area contributed by atoms with Crippen molar-refractivity contribution in [1.82, 2.24) is 0 Å². The highest BCUT2D eigenvalue weighted by Gasteiger charge is 2.07. The van der Waals surface area contributed by atoms with Crippen LogP contribution in [-0.4, -0.2) is 10.9 Å². The molecule has 2 aromatic rings. The number of carbonyl (C=O) groups is 1. The van der Waals surface area contributed by atoms with E-state index in [0.29, 0.717) is 10.9 Å². The maximum atomic E-state index is 11.1. The fourth-order valence-electron chi connectivity index (χ4n) is 1.51. The van der Waals surface area contributed by atoms with E-state index < -0.39 is 5.63 Å². The van der Waals surface area contributed by atoms with Crippen LogP contribution in [0.3, 0.4) is 0 Å². The summed E-state index contributed by atoms with van der Waals surface area (Å²) in [5, 5.41) is 10.4. The number of hydrogen-bond acceptors (Lipinski definition) is 4. The van der Waals surface area contributed by atoms with Gasteiger partial charge in [-0.05, 0) is 37.3 Å². The summed E-state index contributed by atoms with van der Waals surface area (Å²) in [6, 6.07) is 6.03. The molecule has 0 spiro atoms. The molecule has 1 N–H and O–H groups in total. The lowest BCUT2D eigenvalue weighted by Gasteiger charge is -2.02. The van der Waals surface area contributed by atoms with E-state index in [1.807, 2.05) is 0 Å². The van der Waals surface area contributed by atoms with Gasteiger partial charge in [-0.2, -0.15) is 0 Å². The lowest BCUT2D eigenvalue weighted by atomic mass is 10.1. The quantitative estimate of drug-likeness (QED) is 0.633. The third-order valence-electron chi connectivity index (χ3n) is 2.29. The molecule has 4 nitrogen and oxygen atoms in total. The summed E-state index contributed by atoms with van der Waals surface area (Å²) in [6.07, 6.45) is 2.74. The van der Waals surface area contributed by atoms with Crippen LogP contribution in [0.4, 0.5) is 0 Å². The molecule has 86 valence electrons. The molecule has 0 atom stereocenters. The average Bonchev–Trinajstić information content (AvgIpc) is 2.27. The Morgan fingerprint density at radius 1 is 1.29 bits per heavy atom. The van der Waals surface area contributed by atoms with Gasteiger partial charge in [0.25, 0.3) is 0 Å². The van der Waals surface area contributed by atoms with Crippen LogP contribution >= 0.6 is 0 Å². The number of aromatic hydroxyl groups is 1. The second kappa shape index (κ2) is 4.25. The predicted octanol–water partition coefficient (Wildman–Crippen LogP) is 2.10. The first-order valence-electron chi connectivity index (χ1n) is 5.02. The van der Waals surface area contributed by atoms with Crippen molar-refractivity contribution in [2.75, 3.05) is 0 Å². The fraction of sp³-hybridized carbons (Fsp3) is 0.0769. The molecule has 0 radical (unpaired) electrons. The normalized spacial score (nSPS) is 11.1. The number of hydrogen-bond donors (Lipinski definition) is 1. The average molecular weight is 230 g/mol. The third-order valence-corrected chi connectivity index (χ3v) is 2.29. The molecule has 4 heteroatoms. The molecule has 0 aliphatic rings. The van der Waals surface area contributed by atoms with Gasteiger partial charge < -0.3 is 9.52 Å². The molecule has 1 aromatic heterocycles. The molecule has 0 aliphatic heterocycles. The van der Waals surface area contributed by atoms with Gasteiger partial charge in [0.05, 0.1) is 5.56 Å². The molecular weight excluding hydrogens is 220 g/mol. The maximum Gasteiger partial charge on any atom is 0.336 e. The number of ketones is 1. The number of phenolic OH excluding ortho intramolecular Hbond substituents is 1. The van der Waals surface area contributed by atoms with E-state index in [0.717, 1.165) is 0 Å². The van der Waals surface area contributed by atoms with Gasteiger partial charge in [-0.1, -0.05) is 0 Å². The Hall–Kier alpha value is -2.36. The van der Waals surface area contributed by atoms with Gasteiger partial charge in [0.15, 0.2) is 5.78 Å². The lowest BCUT2D eigenvalue weighted by Crippen LogP contribution is -1.95. The Morgan fingerprint density at radius 2 is 2.00 bits per heavy atom. The Balaban J connectivity index is 2.74. The van der Waals surface area contributed by atoms with Crippen molar-refractivity contribution >= 4 is 22.8 Å². The number of benzene rings is 1. The smallest absolute Gasteiger partial charge is 0.336 e. The minimum atomic E-state index is -0.499. The summed E-state index contributed by atoms with van der Waals surface area (Å²) < 4.78 is 5.03. The van der Waals surface area contributed by atoms with E-state index in [9.17, 15) is 14.7 Å². The van der Waals surface area contributed by atoms with Gasteiger partial charge in [0.1, 0.15) is 11.3 Å². The molecule has 0 fully saturated rings. The van der Waals surface area contributed by atoms with Crippen molar-refractivity contribution in [3.8, 4) is 5.75 Å². The molecule has 0 bridgehead atoms. The fourth-order valence-corrected chi connectivity index (χ4v) is 1.51. The molecule has 0 saturated carbocycles. The molecule has 0 aliphatic carbocycles. The first-order chi connectivity index (χ1) is 8.08. The van der Waals surface area contributed by atoms with Gasteiger partial charge in [-0.15, -0.1) is 0 Å². The molecule has 1 aromatic carbocycles. The maximum absolute atomic E-state index is 11.1. The van der Waals surface area contributed by atoms with Crippen LogP contribution < -0.4 is 5.63 Å². The molecule has 0 amide bonds. The number of fused-ring (bicyclic) bond motifs is 1. The summed E-state index contributed by atoms with van der Waals surface area (Å²) in [7, 11) is 0. The van der Waals surface area contributed by atoms with Crippen molar-refractivity contribution in [2.24, 2.45) is 0 Å². The van der Waals surface area contributed by atoms with Crippen LogP contribution in [0.5, 0.6) is 5.75 Å². The standard InChI is InChI=1S/C13H10O4/c1-8(14)2-5-10-11(15)6-3-9-4-7-12(16)17-13(9)10/h2-7,15H,1H3/b5-2+. The first-order valence-corrected chi connectivity index (χ1v) is 5.02. The van der Waals surface area contributed by atoms with Crippen LogP contribution in [0.25, 0.3) is 17.0 Å². The molecule has 0 saturated heterocycles. The van der Waals surface area contributed by atoms with Crippen molar-refractivity contribution < 1.29 is 14.3 Å². The molecule has 17 heavy (non-hydrogen) atoms. The van der Waals surface area contributed by atoms with E-state index in [-0.39, 0.29) is 17.1 Å². The van der Waals surface area contributed by atoms with Gasteiger partial charge in [-0.3, -0.25) is 4.79 Å². The zero-order valence-electron chi connectivity index (χ0n) is 9.14. The SMILES string of the molecule is CC(=O)/C=C/c1c(O)ccc2ccc(=O)oc12. The highest BCUT2D eigenvalue weighted by molar-refractivity contribution is 5.96. The number of carbonyl (C=O) groups excluding carboxylic acids is 1. The Morgan fingerprint density at radius 3 is 2.71 bits per heavy atom. The van der Waals surface area contributed by atoms with E-state index in [1.165, 1.54) is 31.2 Å². The van der Waals surface area contributed by atoms with Gasteiger partial charge in [-0.25, -0.2) is 4.79 Å². The van der Waals surface area contributed by atoms with Crippen molar-refractivity contribution in [1.29, 1.82) is 0 Å². The second-order valence-corrected chi connectivity index (χ2v) is 3.62. The van der Waals surface area contributed by atoms with Gasteiger partial charge in [0.2, 0.25) is 0 Å². The minimum Gasteiger partial charge on any atom is -0.507 e. The summed E-state index contributed by atoms with van der Waals surface area (Å²) in [6.45, 7) is 1.40. The number of allylic oxidation sites excluding steroid dienone is 1. The van der Waals surface area contributed by atoms with Gasteiger partial charge >= 0.3 is 5.63 Å². The molecule has 2 rings (SSSR count). The first kappa shape index (κ1) is 11.1. The molecular formula is C13H10O4. The Labute approximate surface area is 96.8 Å². The van der Waals surface area contributed by atoms with Crippen LogP contribution in [-0.2, 0) is 4.79 Å². The van der Waals surface area contributed by atoms with Gasteiger partial charge in [0, 0.05) is 11.5 Å². The zero-order chi connectivity index (χ0) is 12.4. The highest BCUT2D eigenvalue weighted by atomic mass is 16.4. The van der Waals surface area contributed by atoms with E-state index in [1.54, 1.807) is 12.1 Å². The predicted molar refractivity (Wildman–Crippen MR) is 63.9 cm³/mol. The van der Waals surface area contributed by atoms with E-state index in [2.05, 4.69) is 0 Å². The number of phenols is 1. The van der Waals surface area contributed by atoms with Crippen LogP contribution in [0.2, 0.25) is 0 Å². The summed E-state index contributed by atoms with van der Waals surface area (Å²) in [5.74, 6) is -0.191. The zero-order valence-corrected chi connectivity index (χ0v) is 9.14. The van der Waals surface area contributed by atoms with Crippen molar-refractivity contribution in [2.45, 2.75) is 6.92 Å². The van der Waals surface area contributed by atoms with E-state index in [4.69, 9.17) is 4.42 Å². The molecule has 0 unspecified atom stereocenters. The topological polar surface area (TPSA) is 67.5 Å². The largest absolute Gasteiger partial charge is 0.507 e. The minimum absolute atomic E-state index is 0.0376. The highest BCUT2D eigenvalue weighted by Crippen LogP contribution is 2.27. The monoisotopic (exact) mass is 230 g/mol. The molecule has 1 heterocycles. The van der Waals surface area contributed by atoms with E-state index >= 15 is 0 Å².